The zero-order chi connectivity index (χ0) is 31.1. The van der Waals surface area contributed by atoms with Crippen molar-refractivity contribution in [3.8, 4) is 17.0 Å². The monoisotopic (exact) mass is 599 g/mol. The zero-order valence-electron chi connectivity index (χ0n) is 26.7. The summed E-state index contributed by atoms with van der Waals surface area (Å²) in [5.41, 5.74) is 8.35. The van der Waals surface area contributed by atoms with Gasteiger partial charge in [0.25, 0.3) is 0 Å². The lowest BCUT2D eigenvalue weighted by Gasteiger charge is -2.31. The molecule has 1 saturated heterocycles. The summed E-state index contributed by atoms with van der Waals surface area (Å²) in [6.45, 7) is 10.8. The number of aliphatic hydroxyl groups is 1. The molecule has 7 heteroatoms. The molecule has 236 valence electrons. The molecule has 1 fully saturated rings. The number of fused-ring (bicyclic) bond motifs is 1. The first-order valence-corrected chi connectivity index (χ1v) is 16.5. The quantitative estimate of drug-likeness (QED) is 0.243. The Bertz CT molecular complexity index is 1420. The Kier molecular flexibility index (Phi) is 10.9. The number of anilines is 1. The van der Waals surface area contributed by atoms with E-state index in [0.717, 1.165) is 67.2 Å². The van der Waals surface area contributed by atoms with Crippen molar-refractivity contribution in [3.05, 3.63) is 76.3 Å². The van der Waals surface area contributed by atoms with E-state index in [9.17, 15) is 15.0 Å². The van der Waals surface area contributed by atoms with Gasteiger partial charge in [-0.05, 0) is 98.4 Å². The number of pyridine rings is 1. The van der Waals surface area contributed by atoms with Gasteiger partial charge in [-0.25, -0.2) is 4.98 Å². The summed E-state index contributed by atoms with van der Waals surface area (Å²) in [4.78, 5) is 21.2. The third kappa shape index (κ3) is 7.44. The molecule has 2 aliphatic rings. The van der Waals surface area contributed by atoms with Crippen molar-refractivity contribution in [1.82, 2.24) is 9.88 Å². The molecule has 0 amide bonds. The number of ether oxygens (including phenoxy) is 1. The lowest BCUT2D eigenvalue weighted by molar-refractivity contribution is -0.142. The van der Waals surface area contributed by atoms with E-state index in [0.29, 0.717) is 38.6 Å². The molecule has 3 heterocycles. The highest BCUT2D eigenvalue weighted by atomic mass is 16.5. The second-order valence-corrected chi connectivity index (χ2v) is 12.6. The van der Waals surface area contributed by atoms with Gasteiger partial charge in [-0.2, -0.15) is 0 Å². The molecule has 0 bridgehead atoms. The average Bonchev–Trinajstić information content (AvgIpc) is 3.26. The van der Waals surface area contributed by atoms with Gasteiger partial charge in [0.2, 0.25) is 0 Å². The smallest absolute Gasteiger partial charge is 0.306 e. The Hall–Kier alpha value is -3.42. The molecule has 7 nitrogen and oxygen atoms in total. The van der Waals surface area contributed by atoms with Crippen LogP contribution in [0.5, 0.6) is 5.75 Å². The van der Waals surface area contributed by atoms with Gasteiger partial charge in [-0.15, -0.1) is 0 Å². The number of hydrogen-bond donors (Lipinski definition) is 2. The van der Waals surface area contributed by atoms with Crippen molar-refractivity contribution in [3.63, 3.8) is 0 Å². The number of aliphatic carboxylic acids is 1. The average molecular weight is 600 g/mol. The molecule has 2 aromatic carbocycles. The summed E-state index contributed by atoms with van der Waals surface area (Å²) in [6.07, 6.45) is 7.76. The summed E-state index contributed by atoms with van der Waals surface area (Å²) in [5.74, 6) is 0.764. The number of unbranched alkanes of at least 4 members (excludes halogenated alkanes) is 1. The second kappa shape index (κ2) is 15.0. The van der Waals surface area contributed by atoms with Crippen LogP contribution in [0.4, 0.5) is 5.82 Å². The first kappa shape index (κ1) is 32.0. The number of nitrogens with zero attached hydrogens (tertiary/aromatic N) is 3. The van der Waals surface area contributed by atoms with E-state index in [-0.39, 0.29) is 12.5 Å². The number of piperidine rings is 1. The van der Waals surface area contributed by atoms with Gasteiger partial charge in [0, 0.05) is 44.4 Å². The number of aromatic nitrogens is 1. The molecule has 5 rings (SSSR count). The van der Waals surface area contributed by atoms with Crippen LogP contribution in [0.3, 0.4) is 0 Å². The molecule has 1 unspecified atom stereocenters. The number of aryl methyl sites for hydroxylation is 1. The molecule has 1 aromatic heterocycles. The zero-order valence-corrected chi connectivity index (χ0v) is 26.7. The van der Waals surface area contributed by atoms with Gasteiger partial charge >= 0.3 is 5.97 Å². The van der Waals surface area contributed by atoms with Crippen molar-refractivity contribution < 1.29 is 19.7 Å². The van der Waals surface area contributed by atoms with Crippen LogP contribution in [0.1, 0.15) is 73.3 Å². The largest absolute Gasteiger partial charge is 0.488 e. The maximum atomic E-state index is 11.4. The van der Waals surface area contributed by atoms with E-state index in [1.165, 1.54) is 35.1 Å². The van der Waals surface area contributed by atoms with E-state index in [2.05, 4.69) is 54.8 Å². The predicted molar refractivity (Wildman–Crippen MR) is 176 cm³/mol. The van der Waals surface area contributed by atoms with Gasteiger partial charge in [-0.1, -0.05) is 50.1 Å². The number of carbonyl (C=O) groups is 1. The lowest BCUT2D eigenvalue weighted by atomic mass is 9.94. The molecular formula is C37H49N3O4. The lowest BCUT2D eigenvalue weighted by Crippen LogP contribution is -2.38. The Morgan fingerprint density at radius 3 is 2.52 bits per heavy atom. The molecule has 0 radical (unpaired) electrons. The van der Waals surface area contributed by atoms with Gasteiger partial charge < -0.3 is 19.8 Å². The van der Waals surface area contributed by atoms with Gasteiger partial charge in [0.15, 0.2) is 0 Å². The van der Waals surface area contributed by atoms with Gasteiger partial charge in [0.1, 0.15) is 18.2 Å². The number of rotatable bonds is 12. The fourth-order valence-electron chi connectivity index (χ4n) is 7.00. The number of para-hydroxylation sites is 1. The maximum Gasteiger partial charge on any atom is 0.306 e. The number of aliphatic hydroxyl groups excluding tert-OH is 1. The van der Waals surface area contributed by atoms with Crippen LogP contribution in [-0.2, 0) is 24.2 Å². The van der Waals surface area contributed by atoms with E-state index in [4.69, 9.17) is 9.72 Å². The Labute approximate surface area is 262 Å². The van der Waals surface area contributed by atoms with Gasteiger partial charge in [-0.3, -0.25) is 9.69 Å². The van der Waals surface area contributed by atoms with Crippen LogP contribution in [-0.4, -0.2) is 64.9 Å². The van der Waals surface area contributed by atoms with E-state index < -0.39 is 5.97 Å². The van der Waals surface area contributed by atoms with E-state index >= 15 is 0 Å². The number of hydrogen-bond acceptors (Lipinski definition) is 6. The van der Waals surface area contributed by atoms with Crippen molar-refractivity contribution in [1.29, 1.82) is 0 Å². The van der Waals surface area contributed by atoms with Crippen LogP contribution >= 0.6 is 0 Å². The Balaban J connectivity index is 1.31. The fourth-order valence-corrected chi connectivity index (χ4v) is 7.00. The standard InChI is InChI=1S/C37H49N3O4/c1-4-5-9-31(19-24-41)39-20-15-28-13-14-30(27(3)32(28)18-23-39)25-44-36-26(2)8-6-10-33(36)34-11-7-12-35(38-34)40-21-16-29(17-22-40)37(42)43/h6-8,10-14,29,31,41H,4-5,9,15-25H2,1-3H3,(H,42,43). The summed E-state index contributed by atoms with van der Waals surface area (Å²) in [6, 6.07) is 17.3. The summed E-state index contributed by atoms with van der Waals surface area (Å²) in [5, 5.41) is 19.1. The highest BCUT2D eigenvalue weighted by Crippen LogP contribution is 2.35. The van der Waals surface area contributed by atoms with Crippen LogP contribution < -0.4 is 9.64 Å². The molecule has 3 aromatic rings. The second-order valence-electron chi connectivity index (χ2n) is 12.6. The summed E-state index contributed by atoms with van der Waals surface area (Å²) >= 11 is 0. The van der Waals surface area contributed by atoms with Crippen LogP contribution in [0.25, 0.3) is 11.3 Å². The SMILES string of the molecule is CCCCC(CCO)N1CCc2ccc(COc3c(C)cccc3-c3cccc(N4CCC(C(=O)O)CC4)n3)c(C)c2CC1. The normalized spacial score (nSPS) is 16.8. The van der Waals surface area contributed by atoms with Crippen molar-refractivity contribution in [2.45, 2.75) is 84.8 Å². The molecule has 0 spiro atoms. The van der Waals surface area contributed by atoms with E-state index in [1.54, 1.807) is 0 Å². The van der Waals surface area contributed by atoms with Crippen molar-refractivity contribution in [2.75, 3.05) is 37.7 Å². The molecule has 2 N–H and O–H groups in total. The molecule has 0 saturated carbocycles. The Morgan fingerprint density at radius 2 is 1.77 bits per heavy atom. The molecule has 44 heavy (non-hydrogen) atoms. The summed E-state index contributed by atoms with van der Waals surface area (Å²) in [7, 11) is 0. The topological polar surface area (TPSA) is 86.1 Å². The van der Waals surface area contributed by atoms with Crippen LogP contribution in [0, 0.1) is 19.8 Å². The highest BCUT2D eigenvalue weighted by Gasteiger charge is 2.26. The first-order chi connectivity index (χ1) is 21.4. The fraction of sp³-hybridized carbons (Fsp3) is 0.514. The van der Waals surface area contributed by atoms with Crippen LogP contribution in [0.2, 0.25) is 0 Å². The van der Waals surface area contributed by atoms with Crippen LogP contribution in [0.15, 0.2) is 48.5 Å². The maximum absolute atomic E-state index is 11.4. The molecule has 1 atom stereocenters. The summed E-state index contributed by atoms with van der Waals surface area (Å²) < 4.78 is 6.62. The highest BCUT2D eigenvalue weighted by molar-refractivity contribution is 5.71. The molecule has 2 aliphatic heterocycles. The van der Waals surface area contributed by atoms with Crippen molar-refractivity contribution in [2.24, 2.45) is 5.92 Å². The predicted octanol–water partition coefficient (Wildman–Crippen LogP) is 6.59. The minimum atomic E-state index is -0.700. The minimum absolute atomic E-state index is 0.254. The van der Waals surface area contributed by atoms with Crippen molar-refractivity contribution >= 4 is 11.8 Å². The number of carboxylic acids is 1. The minimum Gasteiger partial charge on any atom is -0.488 e. The van der Waals surface area contributed by atoms with E-state index in [1.807, 2.05) is 24.3 Å². The molecular weight excluding hydrogens is 550 g/mol. The van der Waals surface area contributed by atoms with Gasteiger partial charge in [0.05, 0.1) is 11.6 Å². The molecule has 0 aliphatic carbocycles. The Morgan fingerprint density at radius 1 is 1.00 bits per heavy atom. The third-order valence-electron chi connectivity index (χ3n) is 9.76. The first-order valence-electron chi connectivity index (χ1n) is 16.5. The number of benzene rings is 2. The number of carboxylic acid groups (broad SMARTS) is 1. The third-order valence-corrected chi connectivity index (χ3v) is 9.76.